The van der Waals surface area contributed by atoms with Crippen LogP contribution in [0, 0.1) is 15.9 Å². The molecule has 0 aromatic heterocycles. The van der Waals surface area contributed by atoms with Crippen molar-refractivity contribution >= 4 is 46.8 Å². The number of nitro benzene ring substituents is 1. The zero-order valence-electron chi connectivity index (χ0n) is 18.0. The van der Waals surface area contributed by atoms with E-state index in [-0.39, 0.29) is 51.1 Å². The van der Waals surface area contributed by atoms with Gasteiger partial charge in [-0.1, -0.05) is 35.3 Å². The third-order valence-electron chi connectivity index (χ3n) is 4.86. The first-order chi connectivity index (χ1) is 16.7. The molecule has 0 radical (unpaired) electrons. The van der Waals surface area contributed by atoms with E-state index in [1.807, 2.05) is 0 Å². The van der Waals surface area contributed by atoms with Crippen LogP contribution in [0.5, 0.6) is 11.5 Å². The van der Waals surface area contributed by atoms with Gasteiger partial charge in [-0.15, -0.1) is 0 Å². The van der Waals surface area contributed by atoms with E-state index in [2.05, 4.69) is 4.99 Å². The number of halogens is 3. The first kappa shape index (κ1) is 24.2. The fourth-order valence-corrected chi connectivity index (χ4v) is 3.64. The van der Waals surface area contributed by atoms with Gasteiger partial charge in [0.1, 0.15) is 17.4 Å². The Morgan fingerprint density at radius 1 is 1.11 bits per heavy atom. The van der Waals surface area contributed by atoms with Crippen molar-refractivity contribution in [2.45, 2.75) is 6.61 Å². The van der Waals surface area contributed by atoms with E-state index in [1.54, 1.807) is 24.3 Å². The highest BCUT2D eigenvalue weighted by molar-refractivity contribution is 6.33. The zero-order chi connectivity index (χ0) is 25.1. The Kier molecular flexibility index (Phi) is 6.99. The maximum atomic E-state index is 13.1. The molecule has 4 rings (SSSR count). The molecule has 0 fully saturated rings. The van der Waals surface area contributed by atoms with E-state index in [9.17, 15) is 19.3 Å². The van der Waals surface area contributed by atoms with Crippen molar-refractivity contribution in [2.24, 2.45) is 4.99 Å². The minimum absolute atomic E-state index is 0.0456. The summed E-state index contributed by atoms with van der Waals surface area (Å²) in [7, 11) is 1.43. The smallest absolute Gasteiger partial charge is 0.363 e. The molecule has 35 heavy (non-hydrogen) atoms. The Morgan fingerprint density at radius 3 is 2.54 bits per heavy atom. The van der Waals surface area contributed by atoms with Crippen LogP contribution >= 0.6 is 23.2 Å². The molecule has 0 amide bonds. The number of aliphatic imine (C=N–C) groups is 1. The predicted octanol–water partition coefficient (Wildman–Crippen LogP) is 5.97. The van der Waals surface area contributed by atoms with Crippen molar-refractivity contribution in [3.8, 4) is 11.5 Å². The van der Waals surface area contributed by atoms with E-state index in [0.29, 0.717) is 11.3 Å². The van der Waals surface area contributed by atoms with Crippen LogP contribution < -0.4 is 9.47 Å². The lowest BCUT2D eigenvalue weighted by molar-refractivity contribution is -0.384. The number of hydrogen-bond donors (Lipinski definition) is 0. The number of nitro groups is 1. The zero-order valence-corrected chi connectivity index (χ0v) is 19.5. The monoisotopic (exact) mass is 516 g/mol. The van der Waals surface area contributed by atoms with Gasteiger partial charge in [0.15, 0.2) is 17.2 Å². The molecule has 11 heteroatoms. The molecule has 3 aromatic rings. The van der Waals surface area contributed by atoms with E-state index < -0.39 is 10.9 Å². The van der Waals surface area contributed by atoms with Gasteiger partial charge in [0.2, 0.25) is 5.90 Å². The number of cyclic esters (lactones) is 1. The second-order valence-corrected chi connectivity index (χ2v) is 8.02. The van der Waals surface area contributed by atoms with Gasteiger partial charge < -0.3 is 14.2 Å². The molecule has 0 atom stereocenters. The van der Waals surface area contributed by atoms with Crippen LogP contribution in [0.4, 0.5) is 10.1 Å². The number of carbonyl (C=O) groups is 1. The molecule has 0 spiro atoms. The Morgan fingerprint density at radius 2 is 1.86 bits per heavy atom. The summed E-state index contributed by atoms with van der Waals surface area (Å²) in [6.45, 7) is 0.129. The maximum absolute atomic E-state index is 13.1. The van der Waals surface area contributed by atoms with Crippen LogP contribution in [0.15, 0.2) is 65.3 Å². The molecule has 3 aromatic carbocycles. The van der Waals surface area contributed by atoms with E-state index >= 15 is 0 Å². The molecule has 0 N–H and O–H groups in total. The summed E-state index contributed by atoms with van der Waals surface area (Å²) in [6.07, 6.45) is 1.43. The van der Waals surface area contributed by atoms with Crippen molar-refractivity contribution in [3.63, 3.8) is 0 Å². The summed E-state index contributed by atoms with van der Waals surface area (Å²) in [5.74, 6) is -0.627. The van der Waals surface area contributed by atoms with Gasteiger partial charge in [0.25, 0.3) is 5.69 Å². The summed E-state index contributed by atoms with van der Waals surface area (Å²) in [6, 6.07) is 12.9. The van der Waals surface area contributed by atoms with Crippen LogP contribution in [0.2, 0.25) is 10.0 Å². The normalized spacial score (nSPS) is 14.0. The second-order valence-electron chi connectivity index (χ2n) is 7.21. The van der Waals surface area contributed by atoms with E-state index in [1.165, 1.54) is 43.5 Å². The molecule has 0 saturated heterocycles. The van der Waals surface area contributed by atoms with Gasteiger partial charge in [0.05, 0.1) is 17.1 Å². The number of esters is 1. The molecule has 1 aliphatic rings. The third kappa shape index (κ3) is 5.42. The topological polar surface area (TPSA) is 100 Å². The number of ether oxygens (including phenoxy) is 3. The second kappa shape index (κ2) is 10.1. The lowest BCUT2D eigenvalue weighted by Gasteiger charge is -2.13. The molecule has 1 heterocycles. The van der Waals surface area contributed by atoms with E-state index in [4.69, 9.17) is 37.4 Å². The lowest BCUT2D eigenvalue weighted by Crippen LogP contribution is -2.06. The van der Waals surface area contributed by atoms with Crippen molar-refractivity contribution in [1.29, 1.82) is 0 Å². The standard InChI is InChI=1S/C24H15Cl2FN2O6/c1-33-21-10-14(8-18(26)22(21)34-12-13-2-5-16(27)6-3-13)9-19-24(30)35-23(28-19)15-4-7-17(25)20(11-15)29(31)32/h2-11H,12H2,1H3/b19-9-. The van der Waals surface area contributed by atoms with Crippen LogP contribution in [0.3, 0.4) is 0 Å². The Hall–Kier alpha value is -3.95. The molecule has 0 bridgehead atoms. The Bertz CT molecular complexity index is 1390. The van der Waals surface area contributed by atoms with Crippen LogP contribution in [0.1, 0.15) is 16.7 Å². The third-order valence-corrected chi connectivity index (χ3v) is 5.46. The van der Waals surface area contributed by atoms with Crippen molar-refractivity contribution in [1.82, 2.24) is 0 Å². The number of benzene rings is 3. The number of rotatable bonds is 7. The molecule has 8 nitrogen and oxygen atoms in total. The summed E-state index contributed by atoms with van der Waals surface area (Å²) < 4.78 is 29.4. The number of nitrogens with zero attached hydrogens (tertiary/aromatic N) is 2. The number of hydrogen-bond acceptors (Lipinski definition) is 7. The van der Waals surface area contributed by atoms with Crippen LogP contribution in [-0.2, 0) is 16.1 Å². The summed E-state index contributed by atoms with van der Waals surface area (Å²) >= 11 is 12.2. The van der Waals surface area contributed by atoms with Gasteiger partial charge in [-0.25, -0.2) is 14.2 Å². The molecular weight excluding hydrogens is 502 g/mol. The lowest BCUT2D eigenvalue weighted by atomic mass is 10.1. The molecule has 178 valence electrons. The maximum Gasteiger partial charge on any atom is 0.363 e. The molecular formula is C24H15Cl2FN2O6. The van der Waals surface area contributed by atoms with Crippen molar-refractivity contribution < 1.29 is 28.3 Å². The quantitative estimate of drug-likeness (QED) is 0.166. The van der Waals surface area contributed by atoms with Crippen molar-refractivity contribution in [3.05, 3.63) is 103 Å². The summed E-state index contributed by atoms with van der Waals surface area (Å²) in [5.41, 5.74) is 1.04. The van der Waals surface area contributed by atoms with Gasteiger partial charge in [-0.2, -0.15) is 0 Å². The Balaban J connectivity index is 1.60. The highest BCUT2D eigenvalue weighted by Crippen LogP contribution is 2.38. The SMILES string of the molecule is COc1cc(/C=C2\N=C(c3ccc(Cl)c([N+](=O)[O-])c3)OC2=O)cc(Cl)c1OCc1ccc(F)cc1. The molecule has 0 saturated carbocycles. The van der Waals surface area contributed by atoms with Gasteiger partial charge in [-0.3, -0.25) is 10.1 Å². The summed E-state index contributed by atoms with van der Waals surface area (Å²) in [4.78, 5) is 27.0. The highest BCUT2D eigenvalue weighted by atomic mass is 35.5. The van der Waals surface area contributed by atoms with Gasteiger partial charge in [-0.05, 0) is 53.6 Å². The van der Waals surface area contributed by atoms with Crippen LogP contribution in [-0.4, -0.2) is 23.9 Å². The fraction of sp³-hybridized carbons (Fsp3) is 0.0833. The molecule has 0 unspecified atom stereocenters. The van der Waals surface area contributed by atoms with E-state index in [0.717, 1.165) is 5.56 Å². The highest BCUT2D eigenvalue weighted by Gasteiger charge is 2.26. The first-order valence-corrected chi connectivity index (χ1v) is 10.7. The van der Waals surface area contributed by atoms with Crippen molar-refractivity contribution in [2.75, 3.05) is 7.11 Å². The molecule has 1 aliphatic heterocycles. The molecule has 0 aliphatic carbocycles. The average Bonchev–Trinajstić information content (AvgIpc) is 3.19. The largest absolute Gasteiger partial charge is 0.493 e. The van der Waals surface area contributed by atoms with Gasteiger partial charge >= 0.3 is 5.97 Å². The van der Waals surface area contributed by atoms with Crippen LogP contribution in [0.25, 0.3) is 6.08 Å². The summed E-state index contributed by atoms with van der Waals surface area (Å²) in [5, 5.41) is 11.3. The number of methoxy groups -OCH3 is 1. The first-order valence-electron chi connectivity index (χ1n) is 9.97. The van der Waals surface area contributed by atoms with Gasteiger partial charge in [0, 0.05) is 11.6 Å². The fourth-order valence-electron chi connectivity index (χ4n) is 3.18. The minimum Gasteiger partial charge on any atom is -0.493 e. The average molecular weight is 517 g/mol. The minimum atomic E-state index is -0.746. The Labute approximate surface area is 208 Å². The number of carbonyl (C=O) groups excluding carboxylic acids is 1. The predicted molar refractivity (Wildman–Crippen MR) is 127 cm³/mol.